The highest BCUT2D eigenvalue weighted by atomic mass is 16.5. The number of ether oxygens (including phenoxy) is 1. The summed E-state index contributed by atoms with van der Waals surface area (Å²) in [6, 6.07) is 3.62. The van der Waals surface area contributed by atoms with Crippen LogP contribution in [0.3, 0.4) is 0 Å². The van der Waals surface area contributed by atoms with E-state index in [1.54, 1.807) is 18.3 Å². The first kappa shape index (κ1) is 13.6. The zero-order chi connectivity index (χ0) is 13.7. The molecule has 0 aliphatic heterocycles. The SMILES string of the molecule is CCOc1cccn(CC(=O)NC2CCCC2)c1=O. The van der Waals surface area contributed by atoms with Crippen LogP contribution in [0.25, 0.3) is 0 Å². The van der Waals surface area contributed by atoms with Crippen molar-refractivity contribution in [3.05, 3.63) is 28.7 Å². The van der Waals surface area contributed by atoms with E-state index in [1.807, 2.05) is 6.92 Å². The summed E-state index contributed by atoms with van der Waals surface area (Å²) < 4.78 is 6.61. The van der Waals surface area contributed by atoms with Gasteiger partial charge in [-0.2, -0.15) is 0 Å². The first-order valence-electron chi connectivity index (χ1n) is 6.82. The summed E-state index contributed by atoms with van der Waals surface area (Å²) in [6.45, 7) is 2.31. The van der Waals surface area contributed by atoms with Crippen molar-refractivity contribution in [3.8, 4) is 5.75 Å². The van der Waals surface area contributed by atoms with Crippen LogP contribution in [0.1, 0.15) is 32.6 Å². The first-order chi connectivity index (χ1) is 9.20. The van der Waals surface area contributed by atoms with Crippen molar-refractivity contribution < 1.29 is 9.53 Å². The standard InChI is InChI=1S/C14H20N2O3/c1-2-19-12-8-5-9-16(14(12)18)10-13(17)15-11-6-3-4-7-11/h5,8-9,11H,2-4,6-7,10H2,1H3,(H,15,17). The lowest BCUT2D eigenvalue weighted by atomic mass is 10.2. The van der Waals surface area contributed by atoms with Crippen molar-refractivity contribution in [1.82, 2.24) is 9.88 Å². The average Bonchev–Trinajstić information content (AvgIpc) is 2.87. The highest BCUT2D eigenvalue weighted by Crippen LogP contribution is 2.17. The first-order valence-corrected chi connectivity index (χ1v) is 6.82. The molecule has 0 atom stereocenters. The topological polar surface area (TPSA) is 60.3 Å². The predicted octanol–water partition coefficient (Wildman–Crippen LogP) is 1.31. The van der Waals surface area contributed by atoms with Gasteiger partial charge in [0.05, 0.1) is 6.61 Å². The lowest BCUT2D eigenvalue weighted by Crippen LogP contribution is -2.37. The molecule has 1 N–H and O–H groups in total. The fraction of sp³-hybridized carbons (Fsp3) is 0.571. The third-order valence-corrected chi connectivity index (χ3v) is 3.32. The molecular formula is C14H20N2O3. The molecule has 0 aromatic carbocycles. The van der Waals surface area contributed by atoms with Crippen molar-refractivity contribution in [2.24, 2.45) is 0 Å². The van der Waals surface area contributed by atoms with Crippen LogP contribution in [-0.4, -0.2) is 23.1 Å². The van der Waals surface area contributed by atoms with Gasteiger partial charge in [0.2, 0.25) is 5.91 Å². The van der Waals surface area contributed by atoms with Gasteiger partial charge in [-0.15, -0.1) is 0 Å². The van der Waals surface area contributed by atoms with E-state index < -0.39 is 0 Å². The molecule has 1 aromatic rings. The van der Waals surface area contributed by atoms with Gasteiger partial charge in [0.1, 0.15) is 6.54 Å². The number of hydrogen-bond donors (Lipinski definition) is 1. The summed E-state index contributed by atoms with van der Waals surface area (Å²) in [5.74, 6) is 0.182. The Morgan fingerprint density at radius 1 is 1.47 bits per heavy atom. The Kier molecular flexibility index (Phi) is 4.60. The monoisotopic (exact) mass is 264 g/mol. The Balaban J connectivity index is 2.00. The summed E-state index contributed by atoms with van der Waals surface area (Å²) >= 11 is 0. The van der Waals surface area contributed by atoms with Crippen LogP contribution in [0.15, 0.2) is 23.1 Å². The Bertz CT molecular complexity index is 490. The summed E-state index contributed by atoms with van der Waals surface area (Å²) in [4.78, 5) is 23.9. The molecule has 1 aromatic heterocycles. The maximum Gasteiger partial charge on any atom is 0.293 e. The molecule has 19 heavy (non-hydrogen) atoms. The van der Waals surface area contributed by atoms with Gasteiger partial charge in [-0.05, 0) is 31.9 Å². The zero-order valence-electron chi connectivity index (χ0n) is 11.2. The van der Waals surface area contributed by atoms with Crippen LogP contribution in [-0.2, 0) is 11.3 Å². The molecule has 104 valence electrons. The van der Waals surface area contributed by atoms with Crippen molar-refractivity contribution in [1.29, 1.82) is 0 Å². The molecule has 0 saturated heterocycles. The number of rotatable bonds is 5. The number of aromatic nitrogens is 1. The molecule has 1 aliphatic rings. The highest BCUT2D eigenvalue weighted by molar-refractivity contribution is 5.76. The maximum atomic E-state index is 12.0. The molecule has 5 nitrogen and oxygen atoms in total. The maximum absolute atomic E-state index is 12.0. The third kappa shape index (κ3) is 3.59. The molecule has 1 fully saturated rings. The van der Waals surface area contributed by atoms with E-state index in [0.29, 0.717) is 12.4 Å². The molecule has 1 amide bonds. The Morgan fingerprint density at radius 2 is 2.21 bits per heavy atom. The van der Waals surface area contributed by atoms with E-state index in [2.05, 4.69) is 5.32 Å². The van der Waals surface area contributed by atoms with E-state index in [0.717, 1.165) is 12.8 Å². The second-order valence-corrected chi connectivity index (χ2v) is 4.79. The molecule has 0 bridgehead atoms. The van der Waals surface area contributed by atoms with Gasteiger partial charge in [-0.3, -0.25) is 9.59 Å². The minimum Gasteiger partial charge on any atom is -0.488 e. The fourth-order valence-corrected chi connectivity index (χ4v) is 2.40. The van der Waals surface area contributed by atoms with Crippen LogP contribution < -0.4 is 15.6 Å². The minimum absolute atomic E-state index is 0.0518. The van der Waals surface area contributed by atoms with Gasteiger partial charge >= 0.3 is 0 Å². The van der Waals surface area contributed by atoms with Crippen LogP contribution in [0, 0.1) is 0 Å². The molecule has 0 spiro atoms. The Labute approximate surface area is 112 Å². The van der Waals surface area contributed by atoms with Gasteiger partial charge in [0.15, 0.2) is 5.75 Å². The van der Waals surface area contributed by atoms with Gasteiger partial charge in [0.25, 0.3) is 5.56 Å². The largest absolute Gasteiger partial charge is 0.488 e. The second-order valence-electron chi connectivity index (χ2n) is 4.79. The summed E-state index contributed by atoms with van der Waals surface area (Å²) in [7, 11) is 0. The van der Waals surface area contributed by atoms with E-state index >= 15 is 0 Å². The average molecular weight is 264 g/mol. The van der Waals surface area contributed by atoms with Gasteiger partial charge in [-0.25, -0.2) is 0 Å². The van der Waals surface area contributed by atoms with Crippen molar-refractivity contribution in [2.75, 3.05) is 6.61 Å². The van der Waals surface area contributed by atoms with Crippen molar-refractivity contribution in [3.63, 3.8) is 0 Å². The summed E-state index contributed by atoms with van der Waals surface area (Å²) in [5, 5.41) is 2.97. The minimum atomic E-state index is -0.258. The number of amides is 1. The number of carbonyl (C=O) groups excluding carboxylic acids is 1. The molecule has 1 aliphatic carbocycles. The quantitative estimate of drug-likeness (QED) is 0.872. The number of nitrogens with one attached hydrogen (secondary N) is 1. The third-order valence-electron chi connectivity index (χ3n) is 3.32. The number of carbonyl (C=O) groups is 1. The number of pyridine rings is 1. The van der Waals surface area contributed by atoms with E-state index in [1.165, 1.54) is 17.4 Å². The molecule has 0 radical (unpaired) electrons. The molecular weight excluding hydrogens is 244 g/mol. The van der Waals surface area contributed by atoms with Crippen LogP contribution in [0.2, 0.25) is 0 Å². The Morgan fingerprint density at radius 3 is 2.89 bits per heavy atom. The van der Waals surface area contributed by atoms with E-state index in [-0.39, 0.29) is 24.1 Å². The van der Waals surface area contributed by atoms with Crippen LogP contribution in [0.4, 0.5) is 0 Å². The summed E-state index contributed by atoms with van der Waals surface area (Å²) in [5.41, 5.74) is -0.258. The van der Waals surface area contributed by atoms with Gasteiger partial charge in [0, 0.05) is 12.2 Å². The van der Waals surface area contributed by atoms with Crippen molar-refractivity contribution >= 4 is 5.91 Å². The summed E-state index contributed by atoms with van der Waals surface area (Å²) in [6.07, 6.45) is 6.04. The van der Waals surface area contributed by atoms with Crippen molar-refractivity contribution in [2.45, 2.75) is 45.2 Å². The predicted molar refractivity (Wildman–Crippen MR) is 72.3 cm³/mol. The van der Waals surface area contributed by atoms with Crippen LogP contribution >= 0.6 is 0 Å². The molecule has 1 heterocycles. The molecule has 5 heteroatoms. The molecule has 1 saturated carbocycles. The normalized spacial score (nSPS) is 15.4. The van der Waals surface area contributed by atoms with Gasteiger partial charge in [-0.1, -0.05) is 12.8 Å². The fourth-order valence-electron chi connectivity index (χ4n) is 2.40. The lowest BCUT2D eigenvalue weighted by molar-refractivity contribution is -0.122. The van der Waals surface area contributed by atoms with Gasteiger partial charge < -0.3 is 14.6 Å². The zero-order valence-corrected chi connectivity index (χ0v) is 11.2. The van der Waals surface area contributed by atoms with E-state index in [9.17, 15) is 9.59 Å². The molecule has 0 unspecified atom stereocenters. The second kappa shape index (κ2) is 6.41. The van der Waals surface area contributed by atoms with E-state index in [4.69, 9.17) is 4.74 Å². The highest BCUT2D eigenvalue weighted by Gasteiger charge is 2.17. The lowest BCUT2D eigenvalue weighted by Gasteiger charge is -2.13. The smallest absolute Gasteiger partial charge is 0.293 e. The number of hydrogen-bond acceptors (Lipinski definition) is 3. The number of nitrogens with zero attached hydrogens (tertiary/aromatic N) is 1. The Hall–Kier alpha value is -1.78. The molecule has 2 rings (SSSR count). The van der Waals surface area contributed by atoms with Crippen LogP contribution in [0.5, 0.6) is 5.75 Å².